The van der Waals surface area contributed by atoms with Crippen molar-refractivity contribution in [3.63, 3.8) is 0 Å². The molecule has 1 aliphatic heterocycles. The molecule has 2 aromatic carbocycles. The smallest absolute Gasteiger partial charge is 0.255 e. The first-order chi connectivity index (χ1) is 18.1. The number of carbonyl (C=O) groups is 2. The Labute approximate surface area is 226 Å². The van der Waals surface area contributed by atoms with Crippen LogP contribution < -0.4 is 15.9 Å². The van der Waals surface area contributed by atoms with Gasteiger partial charge in [0.1, 0.15) is 0 Å². The topological polar surface area (TPSA) is 170 Å². The van der Waals surface area contributed by atoms with Crippen molar-refractivity contribution in [1.82, 2.24) is 14.9 Å². The molecule has 13 heteroatoms. The minimum atomic E-state index is -3.55. The van der Waals surface area contributed by atoms with Crippen LogP contribution in [0, 0.1) is 5.53 Å². The van der Waals surface area contributed by atoms with E-state index < -0.39 is 40.0 Å². The molecule has 1 heterocycles. The highest BCUT2D eigenvalue weighted by Crippen LogP contribution is 2.46. The summed E-state index contributed by atoms with van der Waals surface area (Å²) < 4.78 is 27.2. The number of amidine groups is 1. The monoisotopic (exact) mass is 559 g/mol. The van der Waals surface area contributed by atoms with Crippen LogP contribution in [0.15, 0.2) is 58.7 Å². The normalized spacial score (nSPS) is 24.0. The highest BCUT2D eigenvalue weighted by Gasteiger charge is 2.48. The fourth-order valence-electron chi connectivity index (χ4n) is 5.46. The second-order valence-corrected chi connectivity index (χ2v) is 11.7. The lowest BCUT2D eigenvalue weighted by atomic mass is 9.76. The summed E-state index contributed by atoms with van der Waals surface area (Å²) in [6.07, 6.45) is 3.86. The number of hydrazone groups is 1. The first kappa shape index (κ1) is 27.7. The van der Waals surface area contributed by atoms with E-state index in [2.05, 4.69) is 20.3 Å². The number of benzene rings is 2. The van der Waals surface area contributed by atoms with Gasteiger partial charge < -0.3 is 16.1 Å². The molecule has 0 spiro atoms. The van der Waals surface area contributed by atoms with Gasteiger partial charge in [-0.3, -0.25) is 9.59 Å². The van der Waals surface area contributed by atoms with Gasteiger partial charge in [0.25, 0.3) is 5.91 Å². The Morgan fingerprint density at radius 1 is 1.16 bits per heavy atom. The van der Waals surface area contributed by atoms with E-state index in [1.165, 1.54) is 0 Å². The molecule has 5 N–H and O–H groups in total. The standard InChI is InChI=1S/C25H30ClN7O4S/c1-38(36,37)32-19-8-4-5-9-20(19)33-23(15-10-12-16(26)13-11-15)22(24(34)29-14-21(30-27)31-28)17-6-2-3-7-18(17)25(33)35/h2-3,6-7,10-13,19-20,22-23,27,32H,4-5,8-9,14,28H2,1H3,(H,29,34)/t19-,20?,22+,23-/m0/s1. The average Bonchev–Trinajstić information content (AvgIpc) is 2.89. The molecule has 1 aliphatic carbocycles. The fraction of sp³-hybridized carbons (Fsp3) is 0.400. The highest BCUT2D eigenvalue weighted by atomic mass is 35.5. The number of carbonyl (C=O) groups excluding carboxylic acids is 2. The molecule has 2 amide bonds. The van der Waals surface area contributed by atoms with Crippen molar-refractivity contribution < 1.29 is 18.0 Å². The Balaban J connectivity index is 1.87. The molecule has 4 atom stereocenters. The molecule has 2 aliphatic rings. The second-order valence-electron chi connectivity index (χ2n) is 9.50. The summed E-state index contributed by atoms with van der Waals surface area (Å²) in [7, 11) is -3.55. The zero-order chi connectivity index (χ0) is 27.4. The summed E-state index contributed by atoms with van der Waals surface area (Å²) in [5.74, 6) is 3.65. The summed E-state index contributed by atoms with van der Waals surface area (Å²) in [6.45, 7) is -0.166. The van der Waals surface area contributed by atoms with Crippen molar-refractivity contribution in [2.45, 2.75) is 49.7 Å². The Kier molecular flexibility index (Phi) is 8.44. The number of rotatable bonds is 7. The highest BCUT2D eigenvalue weighted by molar-refractivity contribution is 7.88. The molecule has 202 valence electrons. The number of halogens is 1. The molecule has 4 rings (SSSR count). The molecule has 1 fully saturated rings. The maximum absolute atomic E-state index is 14.1. The molecular weight excluding hydrogens is 530 g/mol. The molecule has 0 saturated heterocycles. The Morgan fingerprint density at radius 3 is 2.50 bits per heavy atom. The first-order valence-electron chi connectivity index (χ1n) is 12.2. The van der Waals surface area contributed by atoms with Gasteiger partial charge in [0.05, 0.1) is 24.8 Å². The number of nitrogens with zero attached hydrogens (tertiary/aromatic N) is 3. The van der Waals surface area contributed by atoms with Crippen molar-refractivity contribution >= 4 is 39.3 Å². The van der Waals surface area contributed by atoms with Gasteiger partial charge >= 0.3 is 0 Å². The molecule has 0 aromatic heterocycles. The molecule has 1 unspecified atom stereocenters. The van der Waals surface area contributed by atoms with Gasteiger partial charge in [-0.05, 0) is 42.2 Å². The summed E-state index contributed by atoms with van der Waals surface area (Å²) in [5.41, 5.74) is 8.79. The number of nitrogens with one attached hydrogen (secondary N) is 3. The molecule has 0 bridgehead atoms. The van der Waals surface area contributed by atoms with Gasteiger partial charge in [0, 0.05) is 22.7 Å². The Hall–Kier alpha value is -3.35. The van der Waals surface area contributed by atoms with E-state index >= 15 is 0 Å². The van der Waals surface area contributed by atoms with Gasteiger partial charge in [0.15, 0.2) is 5.84 Å². The third-order valence-electron chi connectivity index (χ3n) is 7.02. The van der Waals surface area contributed by atoms with Crippen LogP contribution in [0.4, 0.5) is 0 Å². The zero-order valence-electron chi connectivity index (χ0n) is 20.8. The van der Waals surface area contributed by atoms with Crippen molar-refractivity contribution in [2.75, 3.05) is 12.8 Å². The van der Waals surface area contributed by atoms with Gasteiger partial charge in [-0.2, -0.15) is 5.10 Å². The van der Waals surface area contributed by atoms with Crippen LogP contribution in [0.1, 0.15) is 59.1 Å². The van der Waals surface area contributed by atoms with Crippen LogP contribution in [0.3, 0.4) is 0 Å². The number of amides is 2. The number of fused-ring (bicyclic) bond motifs is 1. The summed E-state index contributed by atoms with van der Waals surface area (Å²) in [4.78, 5) is 29.6. The van der Waals surface area contributed by atoms with E-state index in [4.69, 9.17) is 23.0 Å². The van der Waals surface area contributed by atoms with Crippen LogP contribution in [-0.4, -0.2) is 55.9 Å². The molecule has 1 saturated carbocycles. The number of sulfonamides is 1. The minimum absolute atomic E-state index is 0.0666. The molecule has 0 radical (unpaired) electrons. The van der Waals surface area contributed by atoms with Crippen LogP contribution in [0.5, 0.6) is 0 Å². The lowest BCUT2D eigenvalue weighted by Gasteiger charge is -2.49. The average molecular weight is 560 g/mol. The van der Waals surface area contributed by atoms with Gasteiger partial charge in [0.2, 0.25) is 15.9 Å². The van der Waals surface area contributed by atoms with E-state index in [0.29, 0.717) is 34.6 Å². The zero-order valence-corrected chi connectivity index (χ0v) is 22.4. The predicted molar refractivity (Wildman–Crippen MR) is 143 cm³/mol. The van der Waals surface area contributed by atoms with E-state index in [-0.39, 0.29) is 18.3 Å². The maximum atomic E-state index is 14.1. The number of hydrogen-bond donors (Lipinski definition) is 4. The van der Waals surface area contributed by atoms with Crippen molar-refractivity contribution in [1.29, 1.82) is 5.53 Å². The second kappa shape index (κ2) is 11.6. The number of hydrogen-bond acceptors (Lipinski definition) is 7. The lowest BCUT2D eigenvalue weighted by molar-refractivity contribution is -0.124. The van der Waals surface area contributed by atoms with Gasteiger partial charge in [-0.25, -0.2) is 18.7 Å². The summed E-state index contributed by atoms with van der Waals surface area (Å²) >= 11 is 6.17. The van der Waals surface area contributed by atoms with E-state index in [9.17, 15) is 18.0 Å². The molecule has 38 heavy (non-hydrogen) atoms. The van der Waals surface area contributed by atoms with Crippen LogP contribution in [0.2, 0.25) is 5.02 Å². The van der Waals surface area contributed by atoms with Gasteiger partial charge in [-0.15, -0.1) is 5.11 Å². The van der Waals surface area contributed by atoms with Crippen molar-refractivity contribution in [3.05, 3.63) is 70.2 Å². The summed E-state index contributed by atoms with van der Waals surface area (Å²) in [5, 5.41) is 9.87. The van der Waals surface area contributed by atoms with Crippen LogP contribution in [-0.2, 0) is 14.8 Å². The maximum Gasteiger partial charge on any atom is 0.255 e. The fourth-order valence-corrected chi connectivity index (χ4v) is 6.41. The summed E-state index contributed by atoms with van der Waals surface area (Å²) in [6, 6.07) is 12.1. The first-order valence-corrected chi connectivity index (χ1v) is 14.5. The lowest BCUT2D eigenvalue weighted by Crippen LogP contribution is -2.59. The van der Waals surface area contributed by atoms with Crippen LogP contribution in [0.25, 0.3) is 0 Å². The molecule has 11 nitrogen and oxygen atoms in total. The van der Waals surface area contributed by atoms with Crippen molar-refractivity contribution in [2.24, 2.45) is 16.1 Å². The molecular formula is C25H30ClN7O4S. The third kappa shape index (κ3) is 5.87. The Morgan fingerprint density at radius 2 is 1.84 bits per heavy atom. The van der Waals surface area contributed by atoms with Crippen molar-refractivity contribution in [3.8, 4) is 0 Å². The van der Waals surface area contributed by atoms with E-state index in [0.717, 1.165) is 19.1 Å². The van der Waals surface area contributed by atoms with E-state index in [1.807, 2.05) is 0 Å². The number of nitrogens with two attached hydrogens (primary N) is 1. The molecule has 2 aromatic rings. The van der Waals surface area contributed by atoms with Gasteiger partial charge in [-0.1, -0.05) is 54.8 Å². The van der Waals surface area contributed by atoms with E-state index in [1.54, 1.807) is 53.4 Å². The largest absolute Gasteiger partial charge is 0.348 e. The third-order valence-corrected chi connectivity index (χ3v) is 8.00. The quantitative estimate of drug-likeness (QED) is 0.134. The Bertz CT molecular complexity index is 1350. The van der Waals surface area contributed by atoms with Crippen LogP contribution >= 0.6 is 11.6 Å². The minimum Gasteiger partial charge on any atom is -0.348 e. The SMILES string of the molecule is CS(=O)(=O)N[C@H]1CCCCC1N1C(=O)c2ccccc2[C@@H](C(=O)NCC(N=N)=NN)[C@@H]1c1ccc(Cl)cc1. The predicted octanol–water partition coefficient (Wildman–Crippen LogP) is 2.90.